The van der Waals surface area contributed by atoms with Gasteiger partial charge in [-0.2, -0.15) is 0 Å². The van der Waals surface area contributed by atoms with E-state index < -0.39 is 10.0 Å². The summed E-state index contributed by atoms with van der Waals surface area (Å²) in [4.78, 5) is 19.0. The summed E-state index contributed by atoms with van der Waals surface area (Å²) >= 11 is 2.93. The minimum Gasteiger partial charge on any atom is -0.318 e. The highest BCUT2D eigenvalue weighted by atomic mass is 32.2. The fraction of sp³-hybridized carbons (Fsp3) is 0.211. The van der Waals surface area contributed by atoms with Crippen molar-refractivity contribution in [1.29, 1.82) is 0 Å². The molecule has 152 valence electrons. The number of nitrogens with zero attached hydrogens (tertiary/aromatic N) is 2. The van der Waals surface area contributed by atoms with Crippen LogP contribution in [0.5, 0.6) is 0 Å². The predicted molar refractivity (Wildman–Crippen MR) is 121 cm³/mol. The molecule has 0 fully saturated rings. The van der Waals surface area contributed by atoms with Crippen LogP contribution in [0.2, 0.25) is 0 Å². The summed E-state index contributed by atoms with van der Waals surface area (Å²) in [5.74, 6) is -0.0397. The largest absolute Gasteiger partial charge is 0.318 e. The zero-order valence-electron chi connectivity index (χ0n) is 16.3. The zero-order chi connectivity index (χ0) is 21.2. The van der Waals surface area contributed by atoms with Gasteiger partial charge in [-0.3, -0.25) is 19.5 Å². The number of aromatic nitrogens is 2. The molecule has 0 spiro atoms. The molecule has 0 saturated heterocycles. The van der Waals surface area contributed by atoms with Gasteiger partial charge >= 0.3 is 0 Å². The Balaban J connectivity index is 0.000000166. The Kier molecular flexibility index (Phi) is 6.15. The minimum absolute atomic E-state index is 0.0397. The van der Waals surface area contributed by atoms with Gasteiger partial charge in [-0.1, -0.05) is 0 Å². The Morgan fingerprint density at radius 3 is 1.83 bits per heavy atom. The van der Waals surface area contributed by atoms with Gasteiger partial charge in [0.2, 0.25) is 15.9 Å². The van der Waals surface area contributed by atoms with Crippen molar-refractivity contribution < 1.29 is 13.2 Å². The molecule has 4 heterocycles. The summed E-state index contributed by atoms with van der Waals surface area (Å²) in [5.41, 5.74) is 2.18. The molecule has 4 rings (SSSR count). The number of carbonyl (C=O) groups is 1. The van der Waals surface area contributed by atoms with Gasteiger partial charge in [0.1, 0.15) is 5.00 Å². The van der Waals surface area contributed by atoms with Crippen LogP contribution in [0.25, 0.3) is 20.2 Å². The van der Waals surface area contributed by atoms with E-state index in [0.29, 0.717) is 5.00 Å². The van der Waals surface area contributed by atoms with E-state index in [-0.39, 0.29) is 5.91 Å². The first-order valence-corrected chi connectivity index (χ1v) is 12.1. The van der Waals surface area contributed by atoms with Crippen LogP contribution in [0, 0.1) is 13.8 Å². The van der Waals surface area contributed by atoms with Crippen LogP contribution in [-0.4, -0.2) is 30.5 Å². The fourth-order valence-electron chi connectivity index (χ4n) is 2.66. The first-order valence-electron chi connectivity index (χ1n) is 8.56. The van der Waals surface area contributed by atoms with Crippen molar-refractivity contribution in [2.24, 2.45) is 0 Å². The molecule has 0 aliphatic rings. The Hall–Kier alpha value is -2.56. The molecule has 7 nitrogen and oxygen atoms in total. The third kappa shape index (κ3) is 5.49. The van der Waals surface area contributed by atoms with Gasteiger partial charge < -0.3 is 5.32 Å². The van der Waals surface area contributed by atoms with Crippen molar-refractivity contribution in [3.05, 3.63) is 48.0 Å². The maximum atomic E-state index is 11.0. The zero-order valence-corrected chi connectivity index (χ0v) is 18.8. The molecule has 0 atom stereocenters. The molecule has 0 unspecified atom stereocenters. The number of carbonyl (C=O) groups excluding carboxylic acids is 1. The summed E-state index contributed by atoms with van der Waals surface area (Å²) in [6.07, 6.45) is 8.28. The molecule has 0 saturated carbocycles. The van der Waals surface area contributed by atoms with E-state index in [1.807, 2.05) is 38.4 Å². The standard InChI is InChI=1S/C10H10N2OS.C9H10N2O2S2/c1-6-4-11-5-9-8(6)3-10(14-9)12-7(2)13;1-6-4-10-5-8-7(6)3-9(14-8)11-15(2,12)13/h3-5H,1-2H3,(H,12,13);3-5,11H,1-2H3. The number of fused-ring (bicyclic) bond motifs is 2. The lowest BCUT2D eigenvalue weighted by molar-refractivity contribution is -0.114. The molecule has 29 heavy (non-hydrogen) atoms. The van der Waals surface area contributed by atoms with Crippen LogP contribution >= 0.6 is 22.7 Å². The summed E-state index contributed by atoms with van der Waals surface area (Å²) in [5, 5.41) is 6.48. The Labute approximate surface area is 176 Å². The Morgan fingerprint density at radius 1 is 0.897 bits per heavy atom. The van der Waals surface area contributed by atoms with Gasteiger partial charge in [0.25, 0.3) is 0 Å². The molecule has 0 radical (unpaired) electrons. The van der Waals surface area contributed by atoms with E-state index in [0.717, 1.165) is 42.6 Å². The van der Waals surface area contributed by atoms with Gasteiger partial charge in [-0.25, -0.2) is 8.42 Å². The van der Waals surface area contributed by atoms with Crippen molar-refractivity contribution in [3.8, 4) is 0 Å². The maximum absolute atomic E-state index is 11.0. The third-order valence-corrected chi connectivity index (χ3v) is 6.57. The Morgan fingerprint density at radius 2 is 1.38 bits per heavy atom. The van der Waals surface area contributed by atoms with E-state index in [9.17, 15) is 13.2 Å². The van der Waals surface area contributed by atoms with E-state index >= 15 is 0 Å². The Bertz CT molecular complexity index is 1290. The number of hydrogen-bond acceptors (Lipinski definition) is 7. The van der Waals surface area contributed by atoms with Crippen LogP contribution in [0.1, 0.15) is 18.1 Å². The molecule has 4 aromatic heterocycles. The number of thiophene rings is 2. The van der Waals surface area contributed by atoms with Gasteiger partial charge in [-0.05, 0) is 37.1 Å². The smallest absolute Gasteiger partial charge is 0.230 e. The van der Waals surface area contributed by atoms with Crippen molar-refractivity contribution in [1.82, 2.24) is 9.97 Å². The number of anilines is 2. The van der Waals surface area contributed by atoms with E-state index in [2.05, 4.69) is 20.0 Å². The SMILES string of the molecule is CC(=O)Nc1cc2c(C)cncc2s1.Cc1cncc2sc(NS(C)(=O)=O)cc12. The maximum Gasteiger partial charge on any atom is 0.230 e. The van der Waals surface area contributed by atoms with E-state index in [1.54, 1.807) is 23.7 Å². The summed E-state index contributed by atoms with van der Waals surface area (Å²) in [6, 6.07) is 3.82. The monoisotopic (exact) mass is 448 g/mol. The quantitative estimate of drug-likeness (QED) is 0.479. The van der Waals surface area contributed by atoms with E-state index in [4.69, 9.17) is 0 Å². The molecule has 1 amide bonds. The molecule has 0 bridgehead atoms. The molecule has 10 heteroatoms. The van der Waals surface area contributed by atoms with Crippen LogP contribution < -0.4 is 10.0 Å². The lowest BCUT2D eigenvalue weighted by Crippen LogP contribution is -2.07. The van der Waals surface area contributed by atoms with Crippen molar-refractivity contribution >= 4 is 68.8 Å². The van der Waals surface area contributed by atoms with Gasteiger partial charge in [0.15, 0.2) is 0 Å². The highest BCUT2D eigenvalue weighted by Crippen LogP contribution is 2.32. The molecule has 0 aromatic carbocycles. The number of pyridine rings is 2. The van der Waals surface area contributed by atoms with Crippen molar-refractivity contribution in [2.75, 3.05) is 16.3 Å². The van der Waals surface area contributed by atoms with Crippen molar-refractivity contribution in [2.45, 2.75) is 20.8 Å². The molecular formula is C19H20N4O3S3. The van der Waals surface area contributed by atoms with Crippen LogP contribution in [0.4, 0.5) is 10.0 Å². The first kappa shape index (κ1) is 21.2. The average Bonchev–Trinajstić information content (AvgIpc) is 3.18. The summed E-state index contributed by atoms with van der Waals surface area (Å²) < 4.78 is 26.6. The van der Waals surface area contributed by atoms with Gasteiger partial charge in [-0.15, -0.1) is 22.7 Å². The lowest BCUT2D eigenvalue weighted by atomic mass is 10.2. The summed E-state index contributed by atoms with van der Waals surface area (Å²) in [6.45, 7) is 5.47. The number of hydrogen-bond donors (Lipinski definition) is 2. The number of rotatable bonds is 3. The molecular weight excluding hydrogens is 428 g/mol. The topological polar surface area (TPSA) is 101 Å². The molecule has 0 aliphatic carbocycles. The number of nitrogens with one attached hydrogen (secondary N) is 2. The average molecular weight is 449 g/mol. The number of aryl methyl sites for hydroxylation is 2. The molecule has 4 aromatic rings. The fourth-order valence-corrected chi connectivity index (χ4v) is 5.61. The number of amides is 1. The summed E-state index contributed by atoms with van der Waals surface area (Å²) in [7, 11) is -3.20. The highest BCUT2D eigenvalue weighted by molar-refractivity contribution is 7.92. The van der Waals surface area contributed by atoms with Crippen LogP contribution in [0.3, 0.4) is 0 Å². The normalized spacial score (nSPS) is 11.2. The second-order valence-corrected chi connectivity index (χ2v) is 10.4. The number of sulfonamides is 1. The first-order chi connectivity index (χ1) is 13.6. The van der Waals surface area contributed by atoms with Crippen LogP contribution in [0.15, 0.2) is 36.9 Å². The van der Waals surface area contributed by atoms with Gasteiger partial charge in [0, 0.05) is 42.5 Å². The second-order valence-electron chi connectivity index (χ2n) is 6.51. The molecule has 2 N–H and O–H groups in total. The van der Waals surface area contributed by atoms with Gasteiger partial charge in [0.05, 0.1) is 20.7 Å². The van der Waals surface area contributed by atoms with Crippen LogP contribution in [-0.2, 0) is 14.8 Å². The van der Waals surface area contributed by atoms with E-state index in [1.165, 1.54) is 18.3 Å². The second kappa shape index (κ2) is 8.44. The minimum atomic E-state index is -3.20. The van der Waals surface area contributed by atoms with Crippen molar-refractivity contribution in [3.63, 3.8) is 0 Å². The predicted octanol–water partition coefficient (Wildman–Crippen LogP) is 4.54. The third-order valence-electron chi connectivity index (χ3n) is 3.88. The molecule has 0 aliphatic heterocycles. The lowest BCUT2D eigenvalue weighted by Gasteiger charge is -1.96. The highest BCUT2D eigenvalue weighted by Gasteiger charge is 2.08.